The second-order valence-electron chi connectivity index (χ2n) is 8.03. The Labute approximate surface area is 198 Å². The van der Waals surface area contributed by atoms with Crippen LogP contribution in [0.4, 0.5) is 5.69 Å². The minimum atomic E-state index is -0.323. The molecule has 0 saturated carbocycles. The lowest BCUT2D eigenvalue weighted by molar-refractivity contribution is -0.114. The lowest BCUT2D eigenvalue weighted by atomic mass is 10.1. The molecule has 3 aromatic carbocycles. The Morgan fingerprint density at radius 3 is 2.15 bits per heavy atom. The Morgan fingerprint density at radius 2 is 1.50 bits per heavy atom. The summed E-state index contributed by atoms with van der Waals surface area (Å²) in [7, 11) is 0. The summed E-state index contributed by atoms with van der Waals surface area (Å²) in [4.78, 5) is 23.5. The van der Waals surface area contributed by atoms with Crippen LogP contribution < -0.4 is 10.7 Å². The molecule has 170 valence electrons. The molecule has 0 atom stereocenters. The number of hydrazone groups is 1. The van der Waals surface area contributed by atoms with Gasteiger partial charge in [-0.2, -0.15) is 5.10 Å². The largest absolute Gasteiger partial charge is 0.326 e. The summed E-state index contributed by atoms with van der Waals surface area (Å²) in [6.45, 7) is 5.51. The molecule has 0 aliphatic heterocycles. The fraction of sp³-hybridized carbons (Fsp3) is 0.107. The van der Waals surface area contributed by atoms with E-state index in [1.54, 1.807) is 30.5 Å². The first kappa shape index (κ1) is 22.7. The number of benzene rings is 3. The van der Waals surface area contributed by atoms with E-state index in [4.69, 9.17) is 0 Å². The van der Waals surface area contributed by atoms with Gasteiger partial charge in [-0.05, 0) is 67.4 Å². The van der Waals surface area contributed by atoms with Crippen LogP contribution in [-0.2, 0) is 4.79 Å². The van der Waals surface area contributed by atoms with Crippen LogP contribution in [0.15, 0.2) is 90.0 Å². The van der Waals surface area contributed by atoms with Gasteiger partial charge in [0, 0.05) is 40.8 Å². The van der Waals surface area contributed by atoms with E-state index in [2.05, 4.69) is 56.8 Å². The van der Waals surface area contributed by atoms with E-state index >= 15 is 0 Å². The molecule has 0 saturated heterocycles. The molecule has 0 unspecified atom stereocenters. The van der Waals surface area contributed by atoms with Gasteiger partial charge in [-0.15, -0.1) is 0 Å². The van der Waals surface area contributed by atoms with Crippen molar-refractivity contribution in [1.29, 1.82) is 0 Å². The van der Waals surface area contributed by atoms with Gasteiger partial charge in [-0.1, -0.05) is 42.5 Å². The molecule has 0 fully saturated rings. The molecule has 2 amide bonds. The first-order chi connectivity index (χ1) is 16.4. The fourth-order valence-corrected chi connectivity index (χ4v) is 3.88. The lowest BCUT2D eigenvalue weighted by Gasteiger charge is -2.11. The Bertz CT molecular complexity index is 1340. The Morgan fingerprint density at radius 1 is 0.853 bits per heavy atom. The average molecular weight is 451 g/mol. The number of hydrogen-bond acceptors (Lipinski definition) is 3. The van der Waals surface area contributed by atoms with Gasteiger partial charge in [-0.25, -0.2) is 5.43 Å². The number of carbonyl (C=O) groups is 2. The summed E-state index contributed by atoms with van der Waals surface area (Å²) < 4.78 is 2.17. The summed E-state index contributed by atoms with van der Waals surface area (Å²) in [5.74, 6) is -0.484. The highest BCUT2D eigenvalue weighted by molar-refractivity contribution is 5.96. The van der Waals surface area contributed by atoms with Crippen molar-refractivity contribution < 1.29 is 9.59 Å². The van der Waals surface area contributed by atoms with Crippen LogP contribution in [0.1, 0.15) is 34.2 Å². The smallest absolute Gasteiger partial charge is 0.271 e. The molecule has 34 heavy (non-hydrogen) atoms. The van der Waals surface area contributed by atoms with Crippen molar-refractivity contribution in [1.82, 2.24) is 9.99 Å². The highest BCUT2D eigenvalue weighted by Gasteiger charge is 2.10. The van der Waals surface area contributed by atoms with E-state index < -0.39 is 0 Å². The van der Waals surface area contributed by atoms with Crippen molar-refractivity contribution in [2.24, 2.45) is 5.10 Å². The average Bonchev–Trinajstić information content (AvgIpc) is 3.12. The van der Waals surface area contributed by atoms with Crippen LogP contribution in [-0.4, -0.2) is 22.6 Å². The maximum absolute atomic E-state index is 12.4. The van der Waals surface area contributed by atoms with Gasteiger partial charge < -0.3 is 9.88 Å². The Balaban J connectivity index is 1.46. The van der Waals surface area contributed by atoms with Crippen molar-refractivity contribution in [3.63, 3.8) is 0 Å². The van der Waals surface area contributed by atoms with E-state index in [0.29, 0.717) is 11.3 Å². The highest BCUT2D eigenvalue weighted by atomic mass is 16.2. The third-order valence-electron chi connectivity index (χ3n) is 5.54. The molecular weight excluding hydrogens is 424 g/mol. The number of nitrogens with zero attached hydrogens (tertiary/aromatic N) is 2. The standard InChI is InChI=1S/C28H26N4O2/c1-19-17-25(18-29-31-28(34)24-9-13-26(14-10-24)30-21(3)33)20(2)32(19)27-15-11-23(12-16-27)22-7-5-4-6-8-22/h4-18H,1-3H3,(H,30,33)(H,31,34)/b29-18-. The zero-order valence-corrected chi connectivity index (χ0v) is 19.4. The molecule has 4 rings (SSSR count). The summed E-state index contributed by atoms with van der Waals surface area (Å²) in [5.41, 5.74) is 10.1. The lowest BCUT2D eigenvalue weighted by Crippen LogP contribution is -2.17. The van der Waals surface area contributed by atoms with Crippen LogP contribution in [0.5, 0.6) is 0 Å². The molecule has 0 radical (unpaired) electrons. The van der Waals surface area contributed by atoms with Gasteiger partial charge in [0.2, 0.25) is 5.91 Å². The predicted molar refractivity (Wildman–Crippen MR) is 136 cm³/mol. The van der Waals surface area contributed by atoms with Crippen molar-refractivity contribution in [3.05, 3.63) is 107 Å². The van der Waals surface area contributed by atoms with E-state index in [0.717, 1.165) is 22.6 Å². The van der Waals surface area contributed by atoms with Gasteiger partial charge in [0.05, 0.1) is 6.21 Å². The zero-order valence-electron chi connectivity index (χ0n) is 19.4. The second kappa shape index (κ2) is 10.0. The third kappa shape index (κ3) is 5.13. The van der Waals surface area contributed by atoms with E-state index in [1.165, 1.54) is 18.1 Å². The summed E-state index contributed by atoms with van der Waals surface area (Å²) >= 11 is 0. The number of carbonyl (C=O) groups excluding carboxylic acids is 2. The van der Waals surface area contributed by atoms with Gasteiger partial charge >= 0.3 is 0 Å². The molecule has 0 bridgehead atoms. The highest BCUT2D eigenvalue weighted by Crippen LogP contribution is 2.24. The summed E-state index contributed by atoms with van der Waals surface area (Å²) in [6, 6.07) is 27.4. The molecule has 6 heteroatoms. The second-order valence-corrected chi connectivity index (χ2v) is 8.03. The quantitative estimate of drug-likeness (QED) is 0.301. The number of hydrogen-bond donors (Lipinski definition) is 2. The van der Waals surface area contributed by atoms with Crippen LogP contribution >= 0.6 is 0 Å². The first-order valence-electron chi connectivity index (χ1n) is 11.0. The monoisotopic (exact) mass is 450 g/mol. The molecule has 2 N–H and O–H groups in total. The number of anilines is 1. The zero-order chi connectivity index (χ0) is 24.1. The molecule has 0 spiro atoms. The van der Waals surface area contributed by atoms with Crippen LogP contribution in [0.3, 0.4) is 0 Å². The number of nitrogens with one attached hydrogen (secondary N) is 2. The summed E-state index contributed by atoms with van der Waals surface area (Å²) in [6.07, 6.45) is 1.65. The van der Waals surface area contributed by atoms with Crippen molar-refractivity contribution in [3.8, 4) is 16.8 Å². The number of aromatic nitrogens is 1. The van der Waals surface area contributed by atoms with Crippen molar-refractivity contribution >= 4 is 23.7 Å². The number of aryl methyl sites for hydroxylation is 1. The van der Waals surface area contributed by atoms with Gasteiger partial charge in [0.25, 0.3) is 5.91 Å². The minimum Gasteiger partial charge on any atom is -0.326 e. The molecule has 0 aliphatic carbocycles. The van der Waals surface area contributed by atoms with Gasteiger partial charge in [0.15, 0.2) is 0 Å². The van der Waals surface area contributed by atoms with Gasteiger partial charge in [-0.3, -0.25) is 9.59 Å². The number of rotatable bonds is 6. The van der Waals surface area contributed by atoms with E-state index in [9.17, 15) is 9.59 Å². The van der Waals surface area contributed by atoms with E-state index in [-0.39, 0.29) is 11.8 Å². The van der Waals surface area contributed by atoms with Crippen LogP contribution in [0.2, 0.25) is 0 Å². The van der Waals surface area contributed by atoms with Crippen LogP contribution in [0, 0.1) is 13.8 Å². The topological polar surface area (TPSA) is 75.5 Å². The Kier molecular flexibility index (Phi) is 6.69. The number of amides is 2. The predicted octanol–water partition coefficient (Wildman–Crippen LogP) is 5.48. The molecular formula is C28H26N4O2. The summed E-state index contributed by atoms with van der Waals surface area (Å²) in [5, 5.41) is 6.82. The van der Waals surface area contributed by atoms with E-state index in [1.807, 2.05) is 38.1 Å². The SMILES string of the molecule is CC(=O)Nc1ccc(C(=O)N/N=C\c2cc(C)n(-c3ccc(-c4ccccc4)cc3)c2C)cc1. The third-order valence-corrected chi connectivity index (χ3v) is 5.54. The molecule has 6 nitrogen and oxygen atoms in total. The van der Waals surface area contributed by atoms with Crippen molar-refractivity contribution in [2.45, 2.75) is 20.8 Å². The molecule has 1 aromatic heterocycles. The maximum atomic E-state index is 12.4. The molecule has 0 aliphatic rings. The fourth-order valence-electron chi connectivity index (χ4n) is 3.88. The maximum Gasteiger partial charge on any atom is 0.271 e. The van der Waals surface area contributed by atoms with Crippen LogP contribution in [0.25, 0.3) is 16.8 Å². The molecule has 4 aromatic rings. The minimum absolute atomic E-state index is 0.161. The molecule has 1 heterocycles. The Hall–Kier alpha value is -4.45. The van der Waals surface area contributed by atoms with Gasteiger partial charge in [0.1, 0.15) is 0 Å². The normalized spacial score (nSPS) is 10.9. The van der Waals surface area contributed by atoms with Crippen molar-refractivity contribution in [2.75, 3.05) is 5.32 Å². The first-order valence-corrected chi connectivity index (χ1v) is 11.0.